The van der Waals surface area contributed by atoms with Gasteiger partial charge in [0.05, 0.1) is 5.56 Å². The number of anilines is 1. The molecule has 0 unspecified atom stereocenters. The fourth-order valence-electron chi connectivity index (χ4n) is 2.32. The number of aryl methyl sites for hydroxylation is 1. The van der Waals surface area contributed by atoms with Crippen LogP contribution in [0.3, 0.4) is 0 Å². The van der Waals surface area contributed by atoms with Crippen LogP contribution in [0.1, 0.15) is 28.3 Å². The molecule has 0 spiro atoms. The number of rotatable bonds is 8. The standard InChI is InChI=1S/C16H15F3N8O3S/c1-27-16(29)23-13(24-27)14(28)21-4-5-31-15-10(25-30-26-15)12(20)22-7-2-3-9(17)8(6-7)11(18)19/h2-3,6,11H,4-5H2,1H3,(H2,20,22)(H,21,28)(H,23,24,29). The lowest BCUT2D eigenvalue weighted by molar-refractivity contribution is 0.0945. The van der Waals surface area contributed by atoms with Crippen LogP contribution in [0.2, 0.25) is 0 Å². The number of nitrogens with zero attached hydrogens (tertiary/aromatic N) is 4. The number of carbonyl (C=O) groups excluding carboxylic acids is 1. The van der Waals surface area contributed by atoms with Crippen molar-refractivity contribution in [3.63, 3.8) is 0 Å². The van der Waals surface area contributed by atoms with Crippen LogP contribution in [0.5, 0.6) is 0 Å². The zero-order chi connectivity index (χ0) is 22.5. The number of aromatic amines is 1. The van der Waals surface area contributed by atoms with E-state index in [9.17, 15) is 22.8 Å². The molecule has 3 rings (SSSR count). The van der Waals surface area contributed by atoms with Crippen molar-refractivity contribution in [3.05, 3.63) is 51.6 Å². The Labute approximate surface area is 175 Å². The highest BCUT2D eigenvalue weighted by molar-refractivity contribution is 7.99. The molecular formula is C16H15F3N8O3S. The highest BCUT2D eigenvalue weighted by atomic mass is 32.2. The fourth-order valence-corrected chi connectivity index (χ4v) is 3.08. The van der Waals surface area contributed by atoms with Crippen LogP contribution in [0.25, 0.3) is 0 Å². The van der Waals surface area contributed by atoms with Crippen LogP contribution in [-0.2, 0) is 7.05 Å². The maximum atomic E-state index is 13.4. The smallest absolute Gasteiger partial charge is 0.343 e. The average Bonchev–Trinajstić information content (AvgIpc) is 3.33. The Bertz CT molecular complexity index is 1160. The summed E-state index contributed by atoms with van der Waals surface area (Å²) in [5.41, 5.74) is -1.24. The van der Waals surface area contributed by atoms with Gasteiger partial charge in [-0.05, 0) is 28.5 Å². The summed E-state index contributed by atoms with van der Waals surface area (Å²) in [5, 5.41) is 24.4. The van der Waals surface area contributed by atoms with Crippen molar-refractivity contribution >= 4 is 29.2 Å². The Kier molecular flexibility index (Phi) is 6.74. The maximum Gasteiger partial charge on any atom is 0.343 e. The Balaban J connectivity index is 1.55. The number of halogens is 3. The van der Waals surface area contributed by atoms with Crippen LogP contribution in [0.15, 0.2) is 32.6 Å². The minimum atomic E-state index is -3.00. The number of aromatic nitrogens is 5. The Hall–Kier alpha value is -3.62. The van der Waals surface area contributed by atoms with E-state index in [1.54, 1.807) is 0 Å². The molecule has 1 amide bonds. The van der Waals surface area contributed by atoms with Crippen molar-refractivity contribution in [2.24, 2.45) is 7.05 Å². The van der Waals surface area contributed by atoms with E-state index in [-0.39, 0.29) is 34.6 Å². The van der Waals surface area contributed by atoms with Gasteiger partial charge in [0, 0.05) is 25.0 Å². The molecule has 4 N–H and O–H groups in total. The predicted octanol–water partition coefficient (Wildman–Crippen LogP) is 1.53. The van der Waals surface area contributed by atoms with Crippen molar-refractivity contribution in [1.82, 2.24) is 30.4 Å². The lowest BCUT2D eigenvalue weighted by atomic mass is 10.2. The second-order valence-electron chi connectivity index (χ2n) is 5.96. The van der Waals surface area contributed by atoms with Gasteiger partial charge >= 0.3 is 5.69 Å². The highest BCUT2D eigenvalue weighted by Crippen LogP contribution is 2.26. The van der Waals surface area contributed by atoms with Crippen LogP contribution < -0.4 is 16.3 Å². The first kappa shape index (κ1) is 22.1. The Morgan fingerprint density at radius 2 is 2.16 bits per heavy atom. The SMILES string of the molecule is Cn1nc(C(=O)NCCSc2nonc2C(=N)Nc2ccc(F)c(C(F)F)c2)[nH]c1=O. The van der Waals surface area contributed by atoms with Gasteiger partial charge in [0.15, 0.2) is 16.6 Å². The predicted molar refractivity (Wildman–Crippen MR) is 103 cm³/mol. The second kappa shape index (κ2) is 9.46. The summed E-state index contributed by atoms with van der Waals surface area (Å²) >= 11 is 1.11. The molecule has 3 aromatic rings. The Morgan fingerprint density at radius 3 is 2.84 bits per heavy atom. The zero-order valence-corrected chi connectivity index (χ0v) is 16.6. The van der Waals surface area contributed by atoms with E-state index in [2.05, 4.69) is 35.7 Å². The van der Waals surface area contributed by atoms with Crippen LogP contribution >= 0.6 is 11.8 Å². The summed E-state index contributed by atoms with van der Waals surface area (Å²) < 4.78 is 44.7. The third-order valence-corrected chi connectivity index (χ3v) is 4.76. The number of hydrogen-bond donors (Lipinski definition) is 4. The molecule has 1 aromatic carbocycles. The molecule has 2 heterocycles. The topological polar surface area (TPSA) is 155 Å². The molecule has 0 aliphatic carbocycles. The molecule has 0 aliphatic heterocycles. The number of alkyl halides is 2. The molecule has 0 aliphatic rings. The monoisotopic (exact) mass is 456 g/mol. The molecule has 2 aromatic heterocycles. The number of amides is 1. The number of carbonyl (C=O) groups is 1. The fraction of sp³-hybridized carbons (Fsp3) is 0.250. The van der Waals surface area contributed by atoms with Gasteiger partial charge < -0.3 is 10.6 Å². The number of benzene rings is 1. The van der Waals surface area contributed by atoms with E-state index in [0.29, 0.717) is 5.75 Å². The van der Waals surface area contributed by atoms with Crippen molar-refractivity contribution in [2.75, 3.05) is 17.6 Å². The molecule has 11 nitrogen and oxygen atoms in total. The molecule has 0 fully saturated rings. The maximum absolute atomic E-state index is 13.4. The van der Waals surface area contributed by atoms with E-state index < -0.39 is 29.4 Å². The van der Waals surface area contributed by atoms with E-state index in [0.717, 1.165) is 28.6 Å². The van der Waals surface area contributed by atoms with Crippen molar-refractivity contribution < 1.29 is 22.6 Å². The average molecular weight is 456 g/mol. The zero-order valence-electron chi connectivity index (χ0n) is 15.8. The van der Waals surface area contributed by atoms with Crippen molar-refractivity contribution in [1.29, 1.82) is 5.41 Å². The molecule has 0 radical (unpaired) electrons. The molecule has 0 bridgehead atoms. The Morgan fingerprint density at radius 1 is 1.39 bits per heavy atom. The van der Waals surface area contributed by atoms with Gasteiger partial charge in [0.1, 0.15) is 5.82 Å². The van der Waals surface area contributed by atoms with Gasteiger partial charge in [-0.2, -0.15) is 0 Å². The lowest BCUT2D eigenvalue weighted by Crippen LogP contribution is -2.27. The number of hydrogen-bond acceptors (Lipinski definition) is 8. The quantitative estimate of drug-likeness (QED) is 0.172. The van der Waals surface area contributed by atoms with E-state index in [4.69, 9.17) is 5.41 Å². The molecule has 0 saturated heterocycles. The molecule has 15 heteroatoms. The van der Waals surface area contributed by atoms with Gasteiger partial charge in [0.25, 0.3) is 12.3 Å². The van der Waals surface area contributed by atoms with E-state index >= 15 is 0 Å². The van der Waals surface area contributed by atoms with Gasteiger partial charge in [-0.15, -0.1) is 5.10 Å². The summed E-state index contributed by atoms with van der Waals surface area (Å²) in [4.78, 5) is 25.5. The molecule has 0 atom stereocenters. The molecule has 31 heavy (non-hydrogen) atoms. The first-order valence-electron chi connectivity index (χ1n) is 8.56. The van der Waals surface area contributed by atoms with Crippen molar-refractivity contribution in [3.8, 4) is 0 Å². The minimum absolute atomic E-state index is 0.00769. The third-order valence-electron chi connectivity index (χ3n) is 3.81. The normalized spacial score (nSPS) is 11.0. The molecule has 164 valence electrons. The summed E-state index contributed by atoms with van der Waals surface area (Å²) in [7, 11) is 1.40. The van der Waals surface area contributed by atoms with Gasteiger partial charge in [-0.25, -0.2) is 27.3 Å². The van der Waals surface area contributed by atoms with Crippen LogP contribution in [-0.4, -0.2) is 49.1 Å². The first-order valence-corrected chi connectivity index (χ1v) is 9.55. The summed E-state index contributed by atoms with van der Waals surface area (Å²) in [6.45, 7) is 0.172. The third kappa shape index (κ3) is 5.30. The number of amidine groups is 1. The number of nitrogens with one attached hydrogen (secondary N) is 4. The number of thioether (sulfide) groups is 1. The van der Waals surface area contributed by atoms with Gasteiger partial charge in [-0.1, -0.05) is 11.8 Å². The lowest BCUT2D eigenvalue weighted by Gasteiger charge is -2.09. The summed E-state index contributed by atoms with van der Waals surface area (Å²) in [6, 6.07) is 2.96. The molecule has 0 saturated carbocycles. The minimum Gasteiger partial charge on any atom is -0.348 e. The van der Waals surface area contributed by atoms with Crippen LogP contribution in [0, 0.1) is 11.2 Å². The van der Waals surface area contributed by atoms with Crippen molar-refractivity contribution in [2.45, 2.75) is 11.5 Å². The summed E-state index contributed by atoms with van der Waals surface area (Å²) in [6.07, 6.45) is -3.00. The summed E-state index contributed by atoms with van der Waals surface area (Å²) in [5.74, 6) is -1.75. The van der Waals surface area contributed by atoms with Gasteiger partial charge in [-0.3, -0.25) is 15.2 Å². The first-order chi connectivity index (χ1) is 14.8. The second-order valence-corrected chi connectivity index (χ2v) is 7.05. The van der Waals surface area contributed by atoms with E-state index in [1.165, 1.54) is 13.1 Å². The van der Waals surface area contributed by atoms with Crippen LogP contribution in [0.4, 0.5) is 18.9 Å². The highest BCUT2D eigenvalue weighted by Gasteiger charge is 2.19. The largest absolute Gasteiger partial charge is 0.348 e. The van der Waals surface area contributed by atoms with E-state index in [1.807, 2.05) is 0 Å². The number of H-pyrrole nitrogens is 1. The molecular weight excluding hydrogens is 441 g/mol. The van der Waals surface area contributed by atoms with Gasteiger partial charge in [0.2, 0.25) is 5.82 Å².